The van der Waals surface area contributed by atoms with E-state index in [1.807, 2.05) is 0 Å². The van der Waals surface area contributed by atoms with Gasteiger partial charge in [-0.3, -0.25) is 28.5 Å². The second kappa shape index (κ2) is 27.3. The van der Waals surface area contributed by atoms with Crippen LogP contribution in [0, 0.1) is 0 Å². The number of aromatic amines is 1. The van der Waals surface area contributed by atoms with Gasteiger partial charge in [-0.05, 0) is 26.2 Å². The molecule has 0 saturated carbocycles. The Kier molecular flexibility index (Phi) is 24.0. The number of nitrogens with zero attached hydrogens (tertiary/aromatic N) is 1. The Morgan fingerprint density at radius 3 is 2.04 bits per heavy atom. The Hall–Kier alpha value is -2.35. The molecule has 0 aliphatic carbocycles. The minimum Gasteiger partial charge on any atom is -0.453 e. The molecule has 2 heterocycles. The Morgan fingerprint density at radius 1 is 0.902 bits per heavy atom. The van der Waals surface area contributed by atoms with Gasteiger partial charge in [0.1, 0.15) is 18.3 Å². The van der Waals surface area contributed by atoms with Gasteiger partial charge in [-0.1, -0.05) is 110 Å². The van der Waals surface area contributed by atoms with E-state index in [2.05, 4.69) is 17.2 Å². The standard InChI is InChI=1S/C36H64N3O11P/c1-3-4-5-6-7-8-9-10-11-12-13-14-15-16-19-22-31(42)48-28(2)34(43)37-24-20-17-18-21-26-47-33-32(50-51(45)46)29(27-40)49-35(33)39-25-23-30(41)38-36(39)44/h23,25,28-29,32-33,35,40,51H,3-22,24,26-27H2,1-2H3,(H,37,43)(H,45,46)(H,38,41,44). The van der Waals surface area contributed by atoms with Crippen LogP contribution in [0.15, 0.2) is 21.9 Å². The zero-order valence-electron chi connectivity index (χ0n) is 30.8. The monoisotopic (exact) mass is 745 g/mol. The van der Waals surface area contributed by atoms with Gasteiger partial charge in [-0.25, -0.2) is 4.79 Å². The Bertz CT molecular complexity index is 1240. The first-order chi connectivity index (χ1) is 24.7. The molecule has 1 amide bonds. The maximum absolute atomic E-state index is 12.4. The molecular weight excluding hydrogens is 681 g/mol. The first kappa shape index (κ1) is 44.8. The number of amides is 1. The topological polar surface area (TPSA) is 195 Å². The molecule has 51 heavy (non-hydrogen) atoms. The summed E-state index contributed by atoms with van der Waals surface area (Å²) in [6.45, 7) is 3.91. The Balaban J connectivity index is 1.52. The summed E-state index contributed by atoms with van der Waals surface area (Å²) in [7, 11) is -3.42. The van der Waals surface area contributed by atoms with E-state index < -0.39 is 56.8 Å². The number of carbonyl (C=O) groups is 2. The molecule has 6 unspecified atom stereocenters. The van der Waals surface area contributed by atoms with Gasteiger partial charge < -0.3 is 34.1 Å². The number of aliphatic hydroxyl groups is 1. The summed E-state index contributed by atoms with van der Waals surface area (Å²) in [5.74, 6) is -0.683. The van der Waals surface area contributed by atoms with Crippen molar-refractivity contribution in [3.63, 3.8) is 0 Å². The summed E-state index contributed by atoms with van der Waals surface area (Å²) in [5.41, 5.74) is -1.36. The maximum Gasteiger partial charge on any atom is 0.330 e. The molecule has 2 rings (SSSR count). The molecule has 1 aliphatic rings. The number of unbranched alkanes of at least 4 members (excludes halogenated alkanes) is 17. The zero-order valence-corrected chi connectivity index (χ0v) is 31.8. The highest BCUT2D eigenvalue weighted by molar-refractivity contribution is 7.32. The van der Waals surface area contributed by atoms with Gasteiger partial charge in [0.05, 0.1) is 6.61 Å². The smallest absolute Gasteiger partial charge is 0.330 e. The van der Waals surface area contributed by atoms with Gasteiger partial charge in [-0.2, -0.15) is 0 Å². The average Bonchev–Trinajstić information content (AvgIpc) is 3.43. The summed E-state index contributed by atoms with van der Waals surface area (Å²) in [5, 5.41) is 12.5. The molecule has 1 aliphatic heterocycles. The van der Waals surface area contributed by atoms with Gasteiger partial charge in [0.25, 0.3) is 11.5 Å². The van der Waals surface area contributed by atoms with Crippen molar-refractivity contribution in [3.05, 3.63) is 33.1 Å². The third kappa shape index (κ3) is 18.8. The molecule has 4 N–H and O–H groups in total. The van der Waals surface area contributed by atoms with Crippen LogP contribution in [0.2, 0.25) is 0 Å². The third-order valence-electron chi connectivity index (χ3n) is 9.17. The first-order valence-corrected chi connectivity index (χ1v) is 20.5. The largest absolute Gasteiger partial charge is 0.453 e. The van der Waals surface area contributed by atoms with Crippen molar-refractivity contribution in [3.8, 4) is 0 Å². The fourth-order valence-corrected chi connectivity index (χ4v) is 6.77. The van der Waals surface area contributed by atoms with E-state index in [4.69, 9.17) is 18.7 Å². The minimum atomic E-state index is -3.42. The minimum absolute atomic E-state index is 0.200. The molecule has 0 aromatic carbocycles. The van der Waals surface area contributed by atoms with Crippen LogP contribution in [-0.4, -0.2) is 75.6 Å². The van der Waals surface area contributed by atoms with Crippen molar-refractivity contribution in [1.82, 2.24) is 14.9 Å². The molecule has 0 bridgehead atoms. The number of nitrogens with one attached hydrogen (secondary N) is 2. The number of carbonyl (C=O) groups excluding carboxylic acids is 2. The van der Waals surface area contributed by atoms with Crippen LogP contribution in [0.1, 0.15) is 148 Å². The molecule has 0 radical (unpaired) electrons. The second-order valence-electron chi connectivity index (χ2n) is 13.5. The summed E-state index contributed by atoms with van der Waals surface area (Å²) in [4.78, 5) is 60.0. The number of H-pyrrole nitrogens is 1. The van der Waals surface area contributed by atoms with Crippen molar-refractivity contribution in [2.75, 3.05) is 19.8 Å². The van der Waals surface area contributed by atoms with E-state index in [1.54, 1.807) is 6.92 Å². The SMILES string of the molecule is CCCCCCCCCCCCCCCCCC(=O)OC(C)C(=O)NCCCCCCOC1C(O[PH](=O)O)C(CO)OC1n1ccc(=O)[nH]c1=O. The number of rotatable bonds is 30. The Labute approximate surface area is 303 Å². The Morgan fingerprint density at radius 2 is 1.47 bits per heavy atom. The lowest BCUT2D eigenvalue weighted by atomic mass is 10.0. The van der Waals surface area contributed by atoms with Gasteiger partial charge in [0.15, 0.2) is 12.3 Å². The van der Waals surface area contributed by atoms with Crippen LogP contribution in [0.3, 0.4) is 0 Å². The number of hydrogen-bond donors (Lipinski definition) is 4. The molecule has 1 aromatic heterocycles. The number of ether oxygens (including phenoxy) is 3. The predicted octanol–water partition coefficient (Wildman–Crippen LogP) is 5.45. The summed E-state index contributed by atoms with van der Waals surface area (Å²) >= 11 is 0. The normalized spacial score (nSPS) is 19.9. The molecule has 15 heteroatoms. The van der Waals surface area contributed by atoms with Crippen molar-refractivity contribution in [2.24, 2.45) is 0 Å². The van der Waals surface area contributed by atoms with Crippen molar-refractivity contribution >= 4 is 20.1 Å². The van der Waals surface area contributed by atoms with Crippen LogP contribution in [0.25, 0.3) is 0 Å². The third-order valence-corrected chi connectivity index (χ3v) is 9.64. The van der Waals surface area contributed by atoms with Gasteiger partial charge in [-0.15, -0.1) is 0 Å². The fraction of sp³-hybridized carbons (Fsp3) is 0.833. The van der Waals surface area contributed by atoms with E-state index in [1.165, 1.54) is 83.2 Å². The summed E-state index contributed by atoms with van der Waals surface area (Å²) in [6, 6.07) is 1.13. The van der Waals surface area contributed by atoms with Crippen LogP contribution in [0.4, 0.5) is 0 Å². The highest BCUT2D eigenvalue weighted by Crippen LogP contribution is 2.37. The number of aromatic nitrogens is 2. The molecule has 1 aromatic rings. The van der Waals surface area contributed by atoms with E-state index in [-0.39, 0.29) is 18.5 Å². The van der Waals surface area contributed by atoms with Gasteiger partial charge >= 0.3 is 19.9 Å². The van der Waals surface area contributed by atoms with Gasteiger partial charge in [0.2, 0.25) is 0 Å². The molecule has 1 saturated heterocycles. The summed E-state index contributed by atoms with van der Waals surface area (Å²) in [6.07, 6.45) is 18.1. The lowest BCUT2D eigenvalue weighted by molar-refractivity contribution is -0.154. The van der Waals surface area contributed by atoms with Gasteiger partial charge in [0, 0.05) is 31.8 Å². The number of esters is 1. The highest BCUT2D eigenvalue weighted by atomic mass is 31.1. The van der Waals surface area contributed by atoms with E-state index in [9.17, 15) is 33.7 Å². The molecular formula is C36H64N3O11P. The fourth-order valence-electron chi connectivity index (χ4n) is 6.25. The average molecular weight is 746 g/mol. The first-order valence-electron chi connectivity index (χ1n) is 19.2. The van der Waals surface area contributed by atoms with Crippen LogP contribution < -0.4 is 16.6 Å². The zero-order chi connectivity index (χ0) is 37.3. The second-order valence-corrected chi connectivity index (χ2v) is 14.3. The van der Waals surface area contributed by atoms with Crippen LogP contribution in [0.5, 0.6) is 0 Å². The molecule has 6 atom stereocenters. The van der Waals surface area contributed by atoms with E-state index >= 15 is 0 Å². The quantitative estimate of drug-likeness (QED) is 0.0444. The molecule has 294 valence electrons. The van der Waals surface area contributed by atoms with Crippen molar-refractivity contribution in [2.45, 2.75) is 173 Å². The van der Waals surface area contributed by atoms with Crippen molar-refractivity contribution in [1.29, 1.82) is 0 Å². The number of hydrogen-bond acceptors (Lipinski definition) is 10. The predicted molar refractivity (Wildman–Crippen MR) is 195 cm³/mol. The summed E-state index contributed by atoms with van der Waals surface area (Å²) < 4.78 is 34.6. The van der Waals surface area contributed by atoms with Crippen LogP contribution >= 0.6 is 8.25 Å². The van der Waals surface area contributed by atoms with E-state index in [0.717, 1.165) is 42.7 Å². The van der Waals surface area contributed by atoms with Crippen molar-refractivity contribution < 1.29 is 42.9 Å². The molecule has 14 nitrogen and oxygen atoms in total. The van der Waals surface area contributed by atoms with Crippen LogP contribution in [-0.2, 0) is 32.9 Å². The van der Waals surface area contributed by atoms with E-state index in [0.29, 0.717) is 25.8 Å². The maximum atomic E-state index is 12.4. The highest BCUT2D eigenvalue weighted by Gasteiger charge is 2.48. The number of aliphatic hydroxyl groups excluding tert-OH is 1. The molecule has 0 spiro atoms. The molecule has 1 fully saturated rings. The lowest BCUT2D eigenvalue weighted by Crippen LogP contribution is -2.40. The lowest BCUT2D eigenvalue weighted by Gasteiger charge is -2.24.